The zero-order valence-corrected chi connectivity index (χ0v) is 14.3. The van der Waals surface area contributed by atoms with E-state index in [-0.39, 0.29) is 5.25 Å². The van der Waals surface area contributed by atoms with Crippen LogP contribution in [0, 0.1) is 0 Å². The number of primary sulfonamides is 1. The molecule has 0 unspecified atom stereocenters. The molecule has 1 aliphatic heterocycles. The first-order valence-corrected chi connectivity index (χ1v) is 9.83. The molecule has 0 bridgehead atoms. The van der Waals surface area contributed by atoms with Gasteiger partial charge in [0.05, 0.1) is 5.25 Å². The first kappa shape index (κ1) is 16.4. The van der Waals surface area contributed by atoms with Gasteiger partial charge in [-0.05, 0) is 54.3 Å². The van der Waals surface area contributed by atoms with Crippen LogP contribution >= 0.6 is 0 Å². The smallest absolute Gasteiger partial charge is 0.212 e. The number of hydrogen-bond acceptors (Lipinski definition) is 3. The van der Waals surface area contributed by atoms with Crippen LogP contribution in [0.4, 0.5) is 0 Å². The summed E-state index contributed by atoms with van der Waals surface area (Å²) < 4.78 is 23.0. The number of likely N-dealkylation sites (tertiary alicyclic amines) is 1. The fourth-order valence-corrected chi connectivity index (χ4v) is 4.39. The summed E-state index contributed by atoms with van der Waals surface area (Å²) >= 11 is 0. The lowest BCUT2D eigenvalue weighted by Gasteiger charge is -2.31. The molecule has 124 valence electrons. The van der Waals surface area contributed by atoms with Gasteiger partial charge in [-0.2, -0.15) is 0 Å². The van der Waals surface area contributed by atoms with Gasteiger partial charge in [-0.15, -0.1) is 0 Å². The topological polar surface area (TPSA) is 63.4 Å². The highest BCUT2D eigenvalue weighted by Crippen LogP contribution is 2.26. The summed E-state index contributed by atoms with van der Waals surface area (Å²) in [6.07, 6.45) is 2.27. The molecule has 1 fully saturated rings. The van der Waals surface area contributed by atoms with Gasteiger partial charge in [-0.25, -0.2) is 13.6 Å². The summed E-state index contributed by atoms with van der Waals surface area (Å²) in [6.45, 7) is 4.63. The molecule has 3 rings (SSSR count). The van der Waals surface area contributed by atoms with Gasteiger partial charge in [0.15, 0.2) is 0 Å². The first-order valence-electron chi connectivity index (χ1n) is 8.22. The average molecular weight is 332 g/mol. The van der Waals surface area contributed by atoms with Crippen LogP contribution in [0.15, 0.2) is 36.4 Å². The highest BCUT2D eigenvalue weighted by molar-refractivity contribution is 7.89. The Morgan fingerprint density at radius 2 is 1.83 bits per heavy atom. The Morgan fingerprint density at radius 1 is 1.13 bits per heavy atom. The molecule has 4 nitrogen and oxygen atoms in total. The van der Waals surface area contributed by atoms with Gasteiger partial charge in [0.25, 0.3) is 0 Å². The van der Waals surface area contributed by atoms with Gasteiger partial charge in [0.1, 0.15) is 0 Å². The van der Waals surface area contributed by atoms with Crippen LogP contribution in [-0.2, 0) is 23.0 Å². The minimum atomic E-state index is -3.40. The van der Waals surface area contributed by atoms with Crippen molar-refractivity contribution in [2.24, 2.45) is 5.14 Å². The first-order chi connectivity index (χ1) is 11.0. The summed E-state index contributed by atoms with van der Waals surface area (Å²) in [7, 11) is -3.40. The van der Waals surface area contributed by atoms with E-state index in [1.165, 1.54) is 21.9 Å². The fraction of sp³-hybridized carbons (Fsp3) is 0.444. The second-order valence-electron chi connectivity index (χ2n) is 6.34. The highest BCUT2D eigenvalue weighted by Gasteiger charge is 2.27. The number of hydrogen-bond donors (Lipinski definition) is 1. The third-order valence-corrected chi connectivity index (χ3v) is 6.30. The highest BCUT2D eigenvalue weighted by atomic mass is 32.2. The zero-order chi connectivity index (χ0) is 16.4. The predicted octanol–water partition coefficient (Wildman–Crippen LogP) is 2.66. The van der Waals surface area contributed by atoms with E-state index in [1.54, 1.807) is 0 Å². The minimum absolute atomic E-state index is 0.378. The van der Waals surface area contributed by atoms with E-state index in [4.69, 9.17) is 5.14 Å². The van der Waals surface area contributed by atoms with Gasteiger partial charge in [0, 0.05) is 6.54 Å². The van der Waals surface area contributed by atoms with Gasteiger partial charge in [0.2, 0.25) is 10.0 Å². The molecule has 0 radical (unpaired) electrons. The average Bonchev–Trinajstić information content (AvgIpc) is 2.55. The van der Waals surface area contributed by atoms with Crippen LogP contribution in [0.1, 0.15) is 30.9 Å². The lowest BCUT2D eigenvalue weighted by atomic mass is 9.96. The van der Waals surface area contributed by atoms with Gasteiger partial charge in [-0.3, -0.25) is 4.90 Å². The minimum Gasteiger partial charge on any atom is -0.299 e. The van der Waals surface area contributed by atoms with E-state index in [9.17, 15) is 8.42 Å². The summed E-state index contributed by atoms with van der Waals surface area (Å²) in [5.74, 6) is 0. The Kier molecular flexibility index (Phi) is 4.71. The predicted molar refractivity (Wildman–Crippen MR) is 94.7 cm³/mol. The second-order valence-corrected chi connectivity index (χ2v) is 8.19. The monoisotopic (exact) mass is 332 g/mol. The number of nitrogens with zero attached hydrogens (tertiary/aromatic N) is 1. The van der Waals surface area contributed by atoms with Crippen LogP contribution in [0.3, 0.4) is 0 Å². The molecule has 2 aromatic rings. The van der Waals surface area contributed by atoms with Crippen molar-refractivity contribution in [2.45, 2.75) is 38.0 Å². The molecule has 1 heterocycles. The molecule has 2 N–H and O–H groups in total. The molecule has 0 saturated carbocycles. The third-order valence-electron chi connectivity index (χ3n) is 4.90. The summed E-state index contributed by atoms with van der Waals surface area (Å²) in [5, 5.41) is 7.47. The van der Waals surface area contributed by atoms with Gasteiger partial charge >= 0.3 is 0 Å². The maximum atomic E-state index is 11.5. The van der Waals surface area contributed by atoms with Crippen molar-refractivity contribution in [3.63, 3.8) is 0 Å². The molecule has 2 aromatic carbocycles. The standard InChI is InChI=1S/C18H24N2O2S/c1-2-14-7-8-15-5-3-4-6-17(15)18(14)13-20-11-9-16(10-12-20)23(19,21)22/h3-8,16H,2,9-13H2,1H3,(H2,19,21,22). The largest absolute Gasteiger partial charge is 0.299 e. The number of rotatable bonds is 4. The zero-order valence-electron chi connectivity index (χ0n) is 13.5. The number of piperidine rings is 1. The Hall–Kier alpha value is -1.43. The summed E-state index contributed by atoms with van der Waals surface area (Å²) in [4.78, 5) is 2.35. The van der Waals surface area contributed by atoms with E-state index in [0.717, 1.165) is 26.1 Å². The molecule has 0 aromatic heterocycles. The van der Waals surface area contributed by atoms with E-state index < -0.39 is 10.0 Å². The van der Waals surface area contributed by atoms with E-state index in [1.807, 2.05) is 0 Å². The van der Waals surface area contributed by atoms with Crippen LogP contribution in [0.5, 0.6) is 0 Å². The van der Waals surface area contributed by atoms with Crippen LogP contribution in [0.25, 0.3) is 10.8 Å². The lowest BCUT2D eigenvalue weighted by molar-refractivity contribution is 0.222. The number of aryl methyl sites for hydroxylation is 1. The van der Waals surface area contributed by atoms with Crippen LogP contribution in [-0.4, -0.2) is 31.7 Å². The van der Waals surface area contributed by atoms with Crippen molar-refractivity contribution in [2.75, 3.05) is 13.1 Å². The van der Waals surface area contributed by atoms with Gasteiger partial charge in [-0.1, -0.05) is 43.3 Å². The van der Waals surface area contributed by atoms with Crippen molar-refractivity contribution in [1.82, 2.24) is 4.90 Å². The lowest BCUT2D eigenvalue weighted by Crippen LogP contribution is -2.41. The number of benzene rings is 2. The van der Waals surface area contributed by atoms with Crippen LogP contribution < -0.4 is 5.14 Å². The summed E-state index contributed by atoms with van der Waals surface area (Å²) in [5.41, 5.74) is 2.75. The maximum Gasteiger partial charge on any atom is 0.212 e. The van der Waals surface area contributed by atoms with Crippen molar-refractivity contribution in [1.29, 1.82) is 0 Å². The Morgan fingerprint density at radius 3 is 2.48 bits per heavy atom. The number of sulfonamides is 1. The Bertz CT molecular complexity index is 794. The number of fused-ring (bicyclic) bond motifs is 1. The maximum absolute atomic E-state index is 11.5. The van der Waals surface area contributed by atoms with Gasteiger partial charge < -0.3 is 0 Å². The molecule has 0 aliphatic carbocycles. The molecule has 0 amide bonds. The van der Waals surface area contributed by atoms with E-state index in [2.05, 4.69) is 48.2 Å². The molecule has 1 aliphatic rings. The summed E-state index contributed by atoms with van der Waals surface area (Å²) in [6, 6.07) is 12.9. The van der Waals surface area contributed by atoms with Crippen molar-refractivity contribution >= 4 is 20.8 Å². The second kappa shape index (κ2) is 6.59. The SMILES string of the molecule is CCc1ccc2ccccc2c1CN1CCC(S(N)(=O)=O)CC1. The normalized spacial score (nSPS) is 17.7. The van der Waals surface area contributed by atoms with Crippen molar-refractivity contribution in [3.05, 3.63) is 47.5 Å². The molecule has 0 spiro atoms. The third kappa shape index (κ3) is 3.57. The molecule has 1 saturated heterocycles. The fourth-order valence-electron chi connectivity index (χ4n) is 3.52. The molecule has 5 heteroatoms. The molecule has 23 heavy (non-hydrogen) atoms. The van der Waals surface area contributed by atoms with Crippen molar-refractivity contribution in [3.8, 4) is 0 Å². The number of nitrogens with two attached hydrogens (primary N) is 1. The van der Waals surface area contributed by atoms with Crippen LogP contribution in [0.2, 0.25) is 0 Å². The van der Waals surface area contributed by atoms with Crippen molar-refractivity contribution < 1.29 is 8.42 Å². The Balaban J connectivity index is 1.82. The molecular weight excluding hydrogens is 308 g/mol. The quantitative estimate of drug-likeness (QED) is 0.936. The van der Waals surface area contributed by atoms with E-state index >= 15 is 0 Å². The molecular formula is C18H24N2O2S. The molecule has 0 atom stereocenters. The van der Waals surface area contributed by atoms with E-state index in [0.29, 0.717) is 12.8 Å². The Labute approximate surface area is 138 Å².